The predicted molar refractivity (Wildman–Crippen MR) is 92.7 cm³/mol. The average molecular weight is 326 g/mol. The Labute approximate surface area is 141 Å². The Hall–Kier alpha value is -2.63. The van der Waals surface area contributed by atoms with Crippen molar-refractivity contribution in [3.63, 3.8) is 0 Å². The molecule has 3 rings (SSSR count). The Morgan fingerprint density at radius 2 is 2.08 bits per heavy atom. The predicted octanol–water partition coefficient (Wildman–Crippen LogP) is 2.36. The van der Waals surface area contributed by atoms with Crippen LogP contribution in [0, 0.1) is 5.41 Å². The van der Waals surface area contributed by atoms with Crippen LogP contribution in [0.25, 0.3) is 0 Å². The third kappa shape index (κ3) is 3.48. The molecule has 2 aromatic rings. The summed E-state index contributed by atoms with van der Waals surface area (Å²) in [4.78, 5) is 22.5. The number of hydrogen-bond acceptors (Lipinski definition) is 5. The van der Waals surface area contributed by atoms with Gasteiger partial charge in [-0.1, -0.05) is 30.3 Å². The Morgan fingerprint density at radius 1 is 1.29 bits per heavy atom. The molecule has 1 saturated heterocycles. The van der Waals surface area contributed by atoms with Crippen molar-refractivity contribution in [2.45, 2.75) is 25.7 Å². The minimum atomic E-state index is -0.776. The second kappa shape index (κ2) is 6.86. The Kier molecular flexibility index (Phi) is 4.64. The van der Waals surface area contributed by atoms with E-state index in [-0.39, 0.29) is 0 Å². The molecule has 0 amide bonds. The minimum Gasteiger partial charge on any atom is -0.481 e. The zero-order chi connectivity index (χ0) is 17.0. The lowest BCUT2D eigenvalue weighted by atomic mass is 9.75. The molecule has 6 heteroatoms. The fraction of sp³-hybridized carbons (Fsp3) is 0.389. The van der Waals surface area contributed by atoms with Crippen LogP contribution in [0.5, 0.6) is 0 Å². The number of nitrogen functional groups attached to an aromatic ring is 1. The average Bonchev–Trinajstić information content (AvgIpc) is 2.61. The largest absolute Gasteiger partial charge is 0.481 e. The number of anilines is 2. The summed E-state index contributed by atoms with van der Waals surface area (Å²) in [6, 6.07) is 11.6. The smallest absolute Gasteiger partial charge is 0.311 e. The number of rotatable bonds is 5. The van der Waals surface area contributed by atoms with Gasteiger partial charge < -0.3 is 15.7 Å². The number of aryl methyl sites for hydroxylation is 1. The van der Waals surface area contributed by atoms with Gasteiger partial charge in [0.1, 0.15) is 5.82 Å². The number of aliphatic carboxylic acids is 1. The van der Waals surface area contributed by atoms with Gasteiger partial charge in [0.25, 0.3) is 0 Å². The van der Waals surface area contributed by atoms with Crippen molar-refractivity contribution < 1.29 is 9.90 Å². The van der Waals surface area contributed by atoms with Crippen LogP contribution in [0.15, 0.2) is 42.6 Å². The minimum absolute atomic E-state index is 0.399. The SMILES string of the molecule is Nc1ccnc(N2CCCC(CCc3ccccc3)(C(=O)O)C2)n1. The van der Waals surface area contributed by atoms with Crippen molar-refractivity contribution in [2.75, 3.05) is 23.7 Å². The Balaban J connectivity index is 1.77. The molecule has 3 N–H and O–H groups in total. The van der Waals surface area contributed by atoms with Crippen molar-refractivity contribution in [3.05, 3.63) is 48.2 Å². The molecule has 1 fully saturated rings. The second-order valence-corrected chi connectivity index (χ2v) is 6.38. The lowest BCUT2D eigenvalue weighted by molar-refractivity contribution is -0.150. The van der Waals surface area contributed by atoms with Crippen molar-refractivity contribution in [1.82, 2.24) is 9.97 Å². The quantitative estimate of drug-likeness (QED) is 0.876. The number of hydrogen-bond donors (Lipinski definition) is 2. The van der Waals surface area contributed by atoms with E-state index in [1.807, 2.05) is 35.2 Å². The van der Waals surface area contributed by atoms with E-state index >= 15 is 0 Å². The van der Waals surface area contributed by atoms with Gasteiger partial charge in [-0.15, -0.1) is 0 Å². The highest BCUT2D eigenvalue weighted by Gasteiger charge is 2.42. The lowest BCUT2D eigenvalue weighted by Gasteiger charge is -2.40. The molecule has 0 saturated carbocycles. The first-order valence-corrected chi connectivity index (χ1v) is 8.20. The van der Waals surface area contributed by atoms with E-state index in [9.17, 15) is 9.90 Å². The molecular weight excluding hydrogens is 304 g/mol. The Morgan fingerprint density at radius 3 is 2.79 bits per heavy atom. The number of carboxylic acid groups (broad SMARTS) is 1. The summed E-state index contributed by atoms with van der Waals surface area (Å²) in [7, 11) is 0. The topological polar surface area (TPSA) is 92.3 Å². The summed E-state index contributed by atoms with van der Waals surface area (Å²) < 4.78 is 0. The summed E-state index contributed by atoms with van der Waals surface area (Å²) in [5.41, 5.74) is 6.12. The molecule has 2 heterocycles. The van der Waals surface area contributed by atoms with Crippen LogP contribution in [0.1, 0.15) is 24.8 Å². The molecule has 1 aromatic carbocycles. The van der Waals surface area contributed by atoms with Crippen molar-refractivity contribution in [1.29, 1.82) is 0 Å². The van der Waals surface area contributed by atoms with E-state index in [0.29, 0.717) is 31.2 Å². The molecule has 0 aliphatic carbocycles. The first-order chi connectivity index (χ1) is 11.6. The van der Waals surface area contributed by atoms with Crippen LogP contribution >= 0.6 is 0 Å². The van der Waals surface area contributed by atoms with Crippen LogP contribution < -0.4 is 10.6 Å². The maximum absolute atomic E-state index is 12.0. The van der Waals surface area contributed by atoms with Crippen LogP contribution in [0.4, 0.5) is 11.8 Å². The molecule has 1 unspecified atom stereocenters. The first-order valence-electron chi connectivity index (χ1n) is 8.20. The summed E-state index contributed by atoms with van der Waals surface area (Å²) in [5.74, 6) is 0.169. The van der Waals surface area contributed by atoms with Crippen LogP contribution in [0.3, 0.4) is 0 Å². The van der Waals surface area contributed by atoms with Gasteiger partial charge in [-0.05, 0) is 37.3 Å². The first kappa shape index (κ1) is 16.2. The van der Waals surface area contributed by atoms with Gasteiger partial charge in [0.2, 0.25) is 5.95 Å². The number of piperidine rings is 1. The number of nitrogens with zero attached hydrogens (tertiary/aromatic N) is 3. The molecular formula is C18H22N4O2. The summed E-state index contributed by atoms with van der Waals surface area (Å²) in [6.07, 6.45) is 4.44. The van der Waals surface area contributed by atoms with Crippen molar-refractivity contribution in [3.8, 4) is 0 Å². The highest BCUT2D eigenvalue weighted by molar-refractivity contribution is 5.76. The molecule has 6 nitrogen and oxygen atoms in total. The van der Waals surface area contributed by atoms with Gasteiger partial charge in [0.05, 0.1) is 5.41 Å². The maximum Gasteiger partial charge on any atom is 0.311 e. The van der Waals surface area contributed by atoms with Gasteiger partial charge in [-0.2, -0.15) is 4.98 Å². The molecule has 1 aliphatic rings. The maximum atomic E-state index is 12.0. The van der Waals surface area contributed by atoms with Gasteiger partial charge >= 0.3 is 5.97 Å². The summed E-state index contributed by atoms with van der Waals surface area (Å²) in [5, 5.41) is 9.89. The number of benzene rings is 1. The Bertz CT molecular complexity index is 707. The normalized spacial score (nSPS) is 20.8. The van der Waals surface area contributed by atoms with Gasteiger partial charge in [-0.25, -0.2) is 4.98 Å². The second-order valence-electron chi connectivity index (χ2n) is 6.38. The third-order valence-electron chi connectivity index (χ3n) is 4.71. The fourth-order valence-electron chi connectivity index (χ4n) is 3.33. The molecule has 24 heavy (non-hydrogen) atoms. The van der Waals surface area contributed by atoms with Crippen molar-refractivity contribution in [2.24, 2.45) is 5.41 Å². The number of carbonyl (C=O) groups is 1. The number of carboxylic acids is 1. The molecule has 1 aromatic heterocycles. The molecule has 126 valence electrons. The lowest BCUT2D eigenvalue weighted by Crippen LogP contribution is -2.48. The molecule has 0 spiro atoms. The fourth-order valence-corrected chi connectivity index (χ4v) is 3.33. The van der Waals surface area contributed by atoms with E-state index in [2.05, 4.69) is 9.97 Å². The van der Waals surface area contributed by atoms with E-state index in [4.69, 9.17) is 5.73 Å². The van der Waals surface area contributed by atoms with Crippen molar-refractivity contribution >= 4 is 17.7 Å². The summed E-state index contributed by atoms with van der Waals surface area (Å²) >= 11 is 0. The van der Waals surface area contributed by atoms with E-state index in [1.54, 1.807) is 12.3 Å². The zero-order valence-corrected chi connectivity index (χ0v) is 13.6. The number of aromatic nitrogens is 2. The van der Waals surface area contributed by atoms with E-state index in [1.165, 1.54) is 0 Å². The number of nitrogens with two attached hydrogens (primary N) is 1. The molecule has 1 aliphatic heterocycles. The van der Waals surface area contributed by atoms with E-state index < -0.39 is 11.4 Å². The van der Waals surface area contributed by atoms with Crippen LogP contribution in [-0.2, 0) is 11.2 Å². The van der Waals surface area contributed by atoms with Crippen LogP contribution in [0.2, 0.25) is 0 Å². The van der Waals surface area contributed by atoms with Crippen LogP contribution in [-0.4, -0.2) is 34.1 Å². The van der Waals surface area contributed by atoms with Gasteiger partial charge in [0.15, 0.2) is 0 Å². The monoisotopic (exact) mass is 326 g/mol. The molecule has 0 bridgehead atoms. The molecule has 1 atom stereocenters. The highest BCUT2D eigenvalue weighted by Crippen LogP contribution is 2.36. The van der Waals surface area contributed by atoms with E-state index in [0.717, 1.165) is 24.9 Å². The van der Waals surface area contributed by atoms with Gasteiger partial charge in [0, 0.05) is 19.3 Å². The summed E-state index contributed by atoms with van der Waals surface area (Å²) in [6.45, 7) is 1.17. The van der Waals surface area contributed by atoms with Gasteiger partial charge in [-0.3, -0.25) is 4.79 Å². The third-order valence-corrected chi connectivity index (χ3v) is 4.71. The zero-order valence-electron chi connectivity index (χ0n) is 13.6. The standard InChI is InChI=1S/C18H22N4O2/c19-15-8-11-20-17(21-15)22-12-4-9-18(13-22,16(23)24)10-7-14-5-2-1-3-6-14/h1-3,5-6,8,11H,4,7,9-10,12-13H2,(H,23,24)(H2,19,20,21). The molecule has 0 radical (unpaired) electrons. The highest BCUT2D eigenvalue weighted by atomic mass is 16.4.